The molecule has 2 unspecified atom stereocenters. The van der Waals surface area contributed by atoms with Gasteiger partial charge >= 0.3 is 11.9 Å². The van der Waals surface area contributed by atoms with Crippen LogP contribution in [0.3, 0.4) is 0 Å². The van der Waals surface area contributed by atoms with E-state index in [4.69, 9.17) is 9.47 Å². The molecule has 378 valence electrons. The minimum atomic E-state index is -1.08. The summed E-state index contributed by atoms with van der Waals surface area (Å²) < 4.78 is 11.8. The second-order valence-corrected chi connectivity index (χ2v) is 22.1. The van der Waals surface area contributed by atoms with Crippen LogP contribution in [0, 0.1) is 64.6 Å². The van der Waals surface area contributed by atoms with E-state index in [9.17, 15) is 34.2 Å². The van der Waals surface area contributed by atoms with Crippen LogP contribution in [0.2, 0.25) is 0 Å². The Morgan fingerprint density at radius 3 is 2.19 bits per heavy atom. The van der Waals surface area contributed by atoms with Crippen LogP contribution >= 0.6 is 0 Å². The molecular formula is C57H91NO9. The molecule has 2 N–H and O–H groups in total. The van der Waals surface area contributed by atoms with Gasteiger partial charge in [0.2, 0.25) is 5.91 Å². The monoisotopic (exact) mass is 934 g/mol. The van der Waals surface area contributed by atoms with Crippen LogP contribution in [-0.2, 0) is 33.4 Å². The first kappa shape index (κ1) is 57.7. The van der Waals surface area contributed by atoms with Gasteiger partial charge in [0.1, 0.15) is 23.7 Å². The number of nitrogens with zero attached hydrogens (tertiary/aromatic N) is 1. The van der Waals surface area contributed by atoms with E-state index in [-0.39, 0.29) is 82.3 Å². The Hall–Kier alpha value is -3.63. The molecule has 1 aliphatic carbocycles. The lowest BCUT2D eigenvalue weighted by Gasteiger charge is -2.39. The summed E-state index contributed by atoms with van der Waals surface area (Å²) >= 11 is 0. The number of carbonyl (C=O) groups excluding carboxylic acids is 5. The van der Waals surface area contributed by atoms with Crippen LogP contribution in [0.4, 0.5) is 0 Å². The Bertz CT molecular complexity index is 1820. The van der Waals surface area contributed by atoms with Crippen LogP contribution in [-0.4, -0.2) is 75.4 Å². The molecule has 1 saturated carbocycles. The zero-order chi connectivity index (χ0) is 50.3. The first-order chi connectivity index (χ1) is 31.4. The highest BCUT2D eigenvalue weighted by Gasteiger charge is 2.40. The molecule has 0 aromatic rings. The Kier molecular flexibility index (Phi) is 23.2. The maximum absolute atomic E-state index is 14.1. The number of allylic oxidation sites excluding steroid dienone is 9. The molecule has 2 heterocycles. The molecular weight excluding hydrogens is 843 g/mol. The van der Waals surface area contributed by atoms with Gasteiger partial charge in [-0.15, -0.1) is 0 Å². The van der Waals surface area contributed by atoms with Crippen molar-refractivity contribution in [2.45, 2.75) is 198 Å². The summed E-state index contributed by atoms with van der Waals surface area (Å²) in [7, 11) is 0. The van der Waals surface area contributed by atoms with E-state index in [1.165, 1.54) is 11.6 Å². The highest BCUT2D eigenvalue weighted by atomic mass is 16.5. The van der Waals surface area contributed by atoms with Gasteiger partial charge in [0, 0.05) is 42.2 Å². The van der Waals surface area contributed by atoms with Crippen molar-refractivity contribution < 1.29 is 43.7 Å². The lowest BCUT2D eigenvalue weighted by atomic mass is 9.76. The quantitative estimate of drug-likeness (QED) is 0.0336. The molecule has 0 aromatic carbocycles. The maximum atomic E-state index is 14.1. The molecule has 10 nitrogen and oxygen atoms in total. The van der Waals surface area contributed by atoms with E-state index in [2.05, 4.69) is 60.6 Å². The van der Waals surface area contributed by atoms with Crippen molar-refractivity contribution in [1.29, 1.82) is 0 Å². The Morgan fingerprint density at radius 2 is 1.55 bits per heavy atom. The third-order valence-corrected chi connectivity index (χ3v) is 16.0. The van der Waals surface area contributed by atoms with Crippen molar-refractivity contribution in [1.82, 2.24) is 4.90 Å². The summed E-state index contributed by atoms with van der Waals surface area (Å²) in [4.78, 5) is 69.3. The number of likely N-dealkylation sites (tertiary alicyclic amines) is 1. The van der Waals surface area contributed by atoms with E-state index in [1.54, 1.807) is 31.7 Å². The van der Waals surface area contributed by atoms with Crippen molar-refractivity contribution in [3.8, 4) is 0 Å². The second-order valence-electron chi connectivity index (χ2n) is 22.1. The predicted molar refractivity (Wildman–Crippen MR) is 268 cm³/mol. The first-order valence-electron chi connectivity index (χ1n) is 26.0. The molecule has 0 spiro atoms. The number of hydrogen-bond donors (Lipinski definition) is 2. The van der Waals surface area contributed by atoms with Crippen molar-refractivity contribution in [2.24, 2.45) is 64.6 Å². The minimum absolute atomic E-state index is 0.0120. The SMILES string of the molecule is CCC(C)(C)C(C)C(=O)N1CCCC[C@H]1C(=O)O/C(=C\C(=O)[C@H](C)/C=C(\C)[C@@H](O)[C@@H](C)C(=O)[C@H](C)C[C@H](C)/C=C/C=C/C=C(\C)[C@@H](C)CC1CC[C@@H](C)C(=O)O1)[C@H](C)C[C@@H]1CC[C@@H](O)[C@H](C)C1. The molecule has 2 aliphatic heterocycles. The number of rotatable bonds is 23. The van der Waals surface area contributed by atoms with Gasteiger partial charge in [0.25, 0.3) is 0 Å². The number of hydrogen-bond acceptors (Lipinski definition) is 9. The normalized spacial score (nSPS) is 27.4. The molecule has 3 rings (SSSR count). The predicted octanol–water partition coefficient (Wildman–Crippen LogP) is 11.5. The lowest BCUT2D eigenvalue weighted by Crippen LogP contribution is -2.52. The van der Waals surface area contributed by atoms with Gasteiger partial charge in [0.05, 0.1) is 18.1 Å². The van der Waals surface area contributed by atoms with Crippen molar-refractivity contribution in [3.05, 3.63) is 59.4 Å². The van der Waals surface area contributed by atoms with Crippen LogP contribution in [0.5, 0.6) is 0 Å². The fourth-order valence-electron chi connectivity index (χ4n) is 10.0. The molecule has 3 aliphatic rings. The summed E-state index contributed by atoms with van der Waals surface area (Å²) in [5, 5.41) is 21.8. The molecule has 3 fully saturated rings. The smallest absolute Gasteiger partial charge is 0.333 e. The highest BCUT2D eigenvalue weighted by molar-refractivity contribution is 5.94. The van der Waals surface area contributed by atoms with Crippen LogP contribution < -0.4 is 0 Å². The fourth-order valence-corrected chi connectivity index (χ4v) is 10.0. The number of amides is 1. The molecule has 14 atom stereocenters. The third kappa shape index (κ3) is 17.4. The minimum Gasteiger partial charge on any atom is -0.462 e. The number of aliphatic hydroxyl groups excluding tert-OH is 2. The molecule has 0 aromatic heterocycles. The van der Waals surface area contributed by atoms with E-state index in [1.807, 2.05) is 45.9 Å². The standard InChI is InChI=1S/C57H91NO9/c1-15-57(13,14)45(12)54(63)58-28-20-19-23-48(58)56(65)67-51(41(8)32-46-25-27-49(59)40(7)31-46)34-50(60)39(6)30-43(10)53(62)44(11)52(61)42(9)29-35(2)21-17-16-18-22-36(3)38(5)33-47-26-24-37(4)55(64)66-47/h16-18,21-22,30,34-35,37-42,44-49,53,59,62H,15,19-20,23-29,31-33H2,1-14H3/b18-16+,21-17+,36-22+,43-30+,51-34-/t35-,37-,38+,39-,40-,41-,42-,44+,45?,46-,47?,48+,49-,53-/m1/s1. The van der Waals surface area contributed by atoms with Crippen LogP contribution in [0.15, 0.2) is 59.4 Å². The average Bonchev–Trinajstić information content (AvgIpc) is 3.29. The number of aliphatic hydroxyl groups is 2. The largest absolute Gasteiger partial charge is 0.462 e. The third-order valence-electron chi connectivity index (χ3n) is 16.0. The summed E-state index contributed by atoms with van der Waals surface area (Å²) in [6.07, 6.45) is 21.1. The number of piperidine rings is 1. The summed E-state index contributed by atoms with van der Waals surface area (Å²) in [5.41, 5.74) is 1.51. The lowest BCUT2D eigenvalue weighted by molar-refractivity contribution is -0.160. The van der Waals surface area contributed by atoms with E-state index < -0.39 is 30.0 Å². The molecule has 10 heteroatoms. The second kappa shape index (κ2) is 26.9. The van der Waals surface area contributed by atoms with Gasteiger partial charge in [0.15, 0.2) is 5.78 Å². The van der Waals surface area contributed by atoms with Crippen molar-refractivity contribution in [2.75, 3.05) is 6.54 Å². The Balaban J connectivity index is 1.67. The van der Waals surface area contributed by atoms with Gasteiger partial charge in [-0.05, 0) is 119 Å². The van der Waals surface area contributed by atoms with E-state index in [0.29, 0.717) is 49.6 Å². The van der Waals surface area contributed by atoms with E-state index in [0.717, 1.165) is 51.4 Å². The number of cyclic esters (lactones) is 1. The Morgan fingerprint density at radius 1 is 0.866 bits per heavy atom. The number of esters is 2. The van der Waals surface area contributed by atoms with Gasteiger partial charge in [-0.25, -0.2) is 4.79 Å². The van der Waals surface area contributed by atoms with Gasteiger partial charge in [-0.3, -0.25) is 19.2 Å². The van der Waals surface area contributed by atoms with E-state index >= 15 is 0 Å². The molecule has 67 heavy (non-hydrogen) atoms. The van der Waals surface area contributed by atoms with Gasteiger partial charge < -0.3 is 24.6 Å². The Labute approximate surface area is 405 Å². The topological polar surface area (TPSA) is 148 Å². The zero-order valence-electron chi connectivity index (χ0n) is 44.0. The first-order valence-corrected chi connectivity index (χ1v) is 26.0. The highest BCUT2D eigenvalue weighted by Crippen LogP contribution is 2.37. The zero-order valence-corrected chi connectivity index (χ0v) is 44.0. The molecule has 0 bridgehead atoms. The van der Waals surface area contributed by atoms with Crippen molar-refractivity contribution >= 4 is 29.4 Å². The summed E-state index contributed by atoms with van der Waals surface area (Å²) in [6, 6.07) is -0.739. The maximum Gasteiger partial charge on any atom is 0.333 e. The van der Waals surface area contributed by atoms with Crippen LogP contribution in [0.1, 0.15) is 174 Å². The van der Waals surface area contributed by atoms with Gasteiger partial charge in [-0.1, -0.05) is 132 Å². The number of ether oxygens (including phenoxy) is 2. The van der Waals surface area contributed by atoms with Crippen molar-refractivity contribution in [3.63, 3.8) is 0 Å². The number of Topliss-reactive ketones (excluding diaryl/α,β-unsaturated/α-hetero) is 1. The number of ketones is 2. The number of carbonyl (C=O) groups is 5. The molecule has 0 radical (unpaired) electrons. The van der Waals surface area contributed by atoms with Crippen LogP contribution in [0.25, 0.3) is 0 Å². The molecule has 1 amide bonds. The van der Waals surface area contributed by atoms with Gasteiger partial charge in [-0.2, -0.15) is 0 Å². The fraction of sp³-hybridized carbons (Fsp3) is 0.737. The molecule has 2 saturated heterocycles. The summed E-state index contributed by atoms with van der Waals surface area (Å²) in [6.45, 7) is 28.0. The average molecular weight is 934 g/mol. The summed E-state index contributed by atoms with van der Waals surface area (Å²) in [5.74, 6) is -2.07.